The van der Waals surface area contributed by atoms with Crippen molar-refractivity contribution in [2.75, 3.05) is 0 Å². The van der Waals surface area contributed by atoms with Crippen molar-refractivity contribution in [1.82, 2.24) is 5.32 Å². The summed E-state index contributed by atoms with van der Waals surface area (Å²) in [6.45, 7) is 3.43. The first-order valence-corrected chi connectivity index (χ1v) is 2.06. The van der Waals surface area contributed by atoms with Gasteiger partial charge in [0.15, 0.2) is 0 Å². The number of carboxylic acid groups (broad SMARTS) is 1. The van der Waals surface area contributed by atoms with Gasteiger partial charge in [-0.3, -0.25) is 0 Å². The van der Waals surface area contributed by atoms with Crippen LogP contribution in [0.2, 0.25) is 0 Å². The highest BCUT2D eigenvalue weighted by Crippen LogP contribution is 1.76. The van der Waals surface area contributed by atoms with E-state index in [1.165, 1.54) is 0 Å². The Morgan fingerprint density at radius 2 is 2.14 bits per heavy atom. The lowest BCUT2D eigenvalue weighted by molar-refractivity contribution is 0.190. The van der Waals surface area contributed by atoms with Gasteiger partial charge >= 0.3 is 6.09 Å². The molecule has 0 aliphatic carbocycles. The predicted octanol–water partition coefficient (Wildman–Crippen LogP) is 0.677. The van der Waals surface area contributed by atoms with Gasteiger partial charge in [-0.2, -0.15) is 0 Å². The largest absolute Gasteiger partial charge is 0.464 e. The van der Waals surface area contributed by atoms with Crippen LogP contribution in [0, 0.1) is 0 Å². The fourth-order valence-corrected chi connectivity index (χ4v) is 0.221. The average molecular weight is 102 g/mol. The Morgan fingerprint density at radius 3 is 2.14 bits per heavy atom. The topological polar surface area (TPSA) is 51.4 Å². The highest BCUT2D eigenvalue weighted by molar-refractivity contribution is 5.64. The van der Waals surface area contributed by atoms with Gasteiger partial charge in [0.1, 0.15) is 0 Å². The quantitative estimate of drug-likeness (QED) is 0.529. The van der Waals surface area contributed by atoms with Crippen molar-refractivity contribution in [2.24, 2.45) is 0 Å². The van der Waals surface area contributed by atoms with Gasteiger partial charge in [-0.1, -0.05) is 0 Å². The van der Waals surface area contributed by atoms with E-state index in [1.807, 2.05) is 0 Å². The average Bonchev–Trinajstić information content (AvgIpc) is 1.27. The van der Waals surface area contributed by atoms with Crippen LogP contribution in [0.5, 0.6) is 0 Å². The van der Waals surface area contributed by atoms with Crippen molar-refractivity contribution in [3.05, 3.63) is 0 Å². The van der Waals surface area contributed by atoms with E-state index in [1.54, 1.807) is 13.8 Å². The summed E-state index contributed by atoms with van der Waals surface area (Å²) < 4.78 is 0. The molecule has 0 aromatic carbocycles. The number of carbonyl (C=O) groups is 1. The molecule has 1 radical (unpaired) electrons. The monoisotopic (exact) mass is 102 g/mol. The van der Waals surface area contributed by atoms with Gasteiger partial charge in [0.05, 0.1) is 6.04 Å². The van der Waals surface area contributed by atoms with E-state index >= 15 is 0 Å². The van der Waals surface area contributed by atoms with Crippen molar-refractivity contribution < 1.29 is 9.90 Å². The van der Waals surface area contributed by atoms with E-state index < -0.39 is 6.09 Å². The van der Waals surface area contributed by atoms with Crippen molar-refractivity contribution >= 4 is 6.09 Å². The van der Waals surface area contributed by atoms with Gasteiger partial charge in [0.25, 0.3) is 0 Å². The van der Waals surface area contributed by atoms with Gasteiger partial charge in [0, 0.05) is 0 Å². The Balaban J connectivity index is 3.13. The van der Waals surface area contributed by atoms with Crippen LogP contribution >= 0.6 is 0 Å². The summed E-state index contributed by atoms with van der Waals surface area (Å²) in [4.78, 5) is 9.64. The van der Waals surface area contributed by atoms with Crippen LogP contribution in [0.15, 0.2) is 0 Å². The minimum absolute atomic E-state index is 0.0995. The number of amides is 1. The highest BCUT2D eigenvalue weighted by Gasteiger charge is 1.97. The molecule has 0 aromatic rings. The Kier molecular flexibility index (Phi) is 2.19. The van der Waals surface area contributed by atoms with Crippen LogP contribution in [-0.4, -0.2) is 17.2 Å². The van der Waals surface area contributed by atoms with Gasteiger partial charge in [-0.15, -0.1) is 0 Å². The normalized spacial score (nSPS) is 9.00. The zero-order valence-electron chi connectivity index (χ0n) is 4.38. The Bertz CT molecular complexity index is 70.1. The molecule has 0 saturated carbocycles. The lowest BCUT2D eigenvalue weighted by atomic mass is 10.4. The molecule has 0 fully saturated rings. The molecule has 0 atom stereocenters. The molecule has 0 rings (SSSR count). The number of rotatable bonds is 1. The third-order valence-electron chi connectivity index (χ3n) is 0.369. The van der Waals surface area contributed by atoms with E-state index in [2.05, 4.69) is 5.32 Å². The van der Waals surface area contributed by atoms with Gasteiger partial charge in [-0.25, -0.2) is 10.1 Å². The molecule has 3 heteroatoms. The van der Waals surface area contributed by atoms with E-state index in [4.69, 9.17) is 5.11 Å². The molecule has 0 saturated heterocycles. The molecular weight excluding hydrogens is 94.0 g/mol. The standard InChI is InChI=1S/C4H8NO2/c1-3(2)5-4(6)7/h3H,1-2H3,(H,6,7). The highest BCUT2D eigenvalue weighted by atomic mass is 16.4. The molecule has 0 bridgehead atoms. The third kappa shape index (κ3) is 5.27. The summed E-state index contributed by atoms with van der Waals surface area (Å²) in [5.41, 5.74) is 0. The summed E-state index contributed by atoms with van der Waals surface area (Å²) in [7, 11) is 0. The molecule has 0 unspecified atom stereocenters. The van der Waals surface area contributed by atoms with E-state index in [-0.39, 0.29) is 6.04 Å². The maximum Gasteiger partial charge on any atom is 0.426 e. The number of hydrogen-bond acceptors (Lipinski definition) is 1. The first-order valence-electron chi connectivity index (χ1n) is 2.06. The Morgan fingerprint density at radius 1 is 1.71 bits per heavy atom. The Hall–Kier alpha value is -0.730. The summed E-state index contributed by atoms with van der Waals surface area (Å²) in [6.07, 6.45) is -1.09. The summed E-state index contributed by atoms with van der Waals surface area (Å²) in [6, 6.07) is -0.0995. The maximum absolute atomic E-state index is 9.64. The smallest absolute Gasteiger partial charge is 0.426 e. The number of hydrogen-bond donors (Lipinski definition) is 1. The molecular formula is C4H8NO2. The van der Waals surface area contributed by atoms with Gasteiger partial charge < -0.3 is 5.11 Å². The molecule has 0 spiro atoms. The second-order valence-electron chi connectivity index (χ2n) is 1.51. The van der Waals surface area contributed by atoms with Crippen molar-refractivity contribution in [3.63, 3.8) is 0 Å². The predicted molar refractivity (Wildman–Crippen MR) is 25.3 cm³/mol. The molecule has 3 nitrogen and oxygen atoms in total. The summed E-state index contributed by atoms with van der Waals surface area (Å²) >= 11 is 0. The molecule has 1 amide bonds. The van der Waals surface area contributed by atoms with Crippen molar-refractivity contribution in [1.29, 1.82) is 0 Å². The Labute approximate surface area is 42.3 Å². The minimum Gasteiger partial charge on any atom is -0.464 e. The molecule has 0 aliphatic rings. The zero-order valence-corrected chi connectivity index (χ0v) is 4.38. The SMILES string of the molecule is CC(C)[N]C(=O)O. The van der Waals surface area contributed by atoms with Crippen LogP contribution in [-0.2, 0) is 0 Å². The van der Waals surface area contributed by atoms with Crippen molar-refractivity contribution in [2.45, 2.75) is 19.9 Å². The van der Waals surface area contributed by atoms with Crippen LogP contribution < -0.4 is 5.32 Å². The third-order valence-corrected chi connectivity index (χ3v) is 0.369. The van der Waals surface area contributed by atoms with Gasteiger partial charge in [-0.05, 0) is 13.8 Å². The molecule has 41 valence electrons. The first kappa shape index (κ1) is 6.27. The van der Waals surface area contributed by atoms with Crippen LogP contribution in [0.4, 0.5) is 4.79 Å². The van der Waals surface area contributed by atoms with E-state index in [0.29, 0.717) is 0 Å². The molecule has 0 heterocycles. The second-order valence-corrected chi connectivity index (χ2v) is 1.51. The van der Waals surface area contributed by atoms with Crippen molar-refractivity contribution in [3.8, 4) is 0 Å². The van der Waals surface area contributed by atoms with Crippen LogP contribution in [0.1, 0.15) is 13.8 Å². The minimum atomic E-state index is -1.09. The molecule has 1 N–H and O–H groups in total. The second kappa shape index (κ2) is 2.44. The van der Waals surface area contributed by atoms with E-state index in [9.17, 15) is 4.79 Å². The van der Waals surface area contributed by atoms with Gasteiger partial charge in [0.2, 0.25) is 0 Å². The fourth-order valence-electron chi connectivity index (χ4n) is 0.221. The first-order chi connectivity index (χ1) is 3.13. The van der Waals surface area contributed by atoms with Crippen LogP contribution in [0.3, 0.4) is 0 Å². The maximum atomic E-state index is 9.64. The fraction of sp³-hybridized carbons (Fsp3) is 0.750. The lowest BCUT2D eigenvalue weighted by Crippen LogP contribution is -2.19. The summed E-state index contributed by atoms with van der Waals surface area (Å²) in [5.74, 6) is 0. The molecule has 7 heavy (non-hydrogen) atoms. The van der Waals surface area contributed by atoms with Crippen LogP contribution in [0.25, 0.3) is 0 Å². The van der Waals surface area contributed by atoms with E-state index in [0.717, 1.165) is 0 Å². The summed E-state index contributed by atoms with van der Waals surface area (Å²) in [5, 5.41) is 11.1. The molecule has 0 aliphatic heterocycles. The zero-order chi connectivity index (χ0) is 5.86. The molecule has 0 aromatic heterocycles. The number of nitrogens with zero attached hydrogens (tertiary/aromatic N) is 1. The lowest BCUT2D eigenvalue weighted by Gasteiger charge is -1.95.